The van der Waals surface area contributed by atoms with Crippen molar-refractivity contribution >= 4 is 12.2 Å². The molecule has 13 heavy (non-hydrogen) atoms. The third-order valence-corrected chi connectivity index (χ3v) is 1.76. The Morgan fingerprint density at radius 1 is 1.62 bits per heavy atom. The second-order valence-corrected chi connectivity index (χ2v) is 3.00. The third-order valence-electron chi connectivity index (χ3n) is 1.76. The monoisotopic (exact) mass is 186 g/mol. The van der Waals surface area contributed by atoms with Crippen LogP contribution in [0.25, 0.3) is 0 Å². The van der Waals surface area contributed by atoms with Crippen LogP contribution in [0.3, 0.4) is 0 Å². The molecule has 0 saturated carbocycles. The van der Waals surface area contributed by atoms with Crippen LogP contribution in [0.2, 0.25) is 0 Å². The molecule has 0 bridgehead atoms. The zero-order valence-corrected chi connectivity index (χ0v) is 8.08. The molecule has 0 rings (SSSR count). The zero-order valence-electron chi connectivity index (χ0n) is 8.08. The third kappa shape index (κ3) is 6.28. The molecule has 0 unspecified atom stereocenters. The van der Waals surface area contributed by atoms with Gasteiger partial charge in [-0.15, -0.1) is 0 Å². The van der Waals surface area contributed by atoms with Crippen LogP contribution in [0.5, 0.6) is 0 Å². The number of rotatable bonds is 7. The maximum absolute atomic E-state index is 11.2. The molecule has 76 valence electrons. The summed E-state index contributed by atoms with van der Waals surface area (Å²) in [6.07, 6.45) is 3.57. The molecular weight excluding hydrogens is 168 g/mol. The fourth-order valence-electron chi connectivity index (χ4n) is 0.898. The summed E-state index contributed by atoms with van der Waals surface area (Å²) in [6.45, 7) is 2.72. The summed E-state index contributed by atoms with van der Waals surface area (Å²) < 4.78 is 0. The zero-order chi connectivity index (χ0) is 10.1. The first-order chi connectivity index (χ1) is 6.22. The molecule has 0 heterocycles. The molecule has 0 aliphatic carbocycles. The Balaban J connectivity index is 3.50. The molecule has 4 heteroatoms. The quantitative estimate of drug-likeness (QED) is 0.441. The van der Waals surface area contributed by atoms with Gasteiger partial charge in [0.1, 0.15) is 6.29 Å². The molecule has 0 aromatic carbocycles. The first-order valence-corrected chi connectivity index (χ1v) is 4.69. The number of unbranched alkanes of at least 4 members (excludes halogenated alkanes) is 1. The van der Waals surface area contributed by atoms with E-state index in [1.807, 2.05) is 0 Å². The van der Waals surface area contributed by atoms with E-state index in [-0.39, 0.29) is 5.91 Å². The summed E-state index contributed by atoms with van der Waals surface area (Å²) in [5, 5.41) is 2.71. The Morgan fingerprint density at radius 3 is 2.85 bits per heavy atom. The lowest BCUT2D eigenvalue weighted by atomic mass is 10.1. The van der Waals surface area contributed by atoms with Crippen LogP contribution >= 0.6 is 0 Å². The summed E-state index contributed by atoms with van der Waals surface area (Å²) >= 11 is 0. The minimum Gasteiger partial charge on any atom is -0.355 e. The van der Waals surface area contributed by atoms with Gasteiger partial charge in [-0.3, -0.25) is 4.79 Å². The largest absolute Gasteiger partial charge is 0.355 e. The van der Waals surface area contributed by atoms with Crippen LogP contribution in [-0.2, 0) is 9.59 Å². The van der Waals surface area contributed by atoms with Crippen LogP contribution in [0.1, 0.15) is 32.6 Å². The molecule has 0 fully saturated rings. The Bertz CT molecular complexity index is 160. The highest BCUT2D eigenvalue weighted by Crippen LogP contribution is 1.92. The molecule has 0 radical (unpaired) electrons. The molecule has 0 saturated heterocycles. The molecular formula is C9H18N2O2. The van der Waals surface area contributed by atoms with Crippen molar-refractivity contribution < 1.29 is 9.59 Å². The summed E-state index contributed by atoms with van der Waals surface area (Å²) in [7, 11) is 0. The Morgan fingerprint density at radius 2 is 2.31 bits per heavy atom. The number of carbonyl (C=O) groups excluding carboxylic acids is 2. The van der Waals surface area contributed by atoms with E-state index >= 15 is 0 Å². The van der Waals surface area contributed by atoms with E-state index in [0.717, 1.165) is 19.1 Å². The highest BCUT2D eigenvalue weighted by Gasteiger charge is 2.11. The molecule has 3 N–H and O–H groups in total. The minimum absolute atomic E-state index is 0.157. The minimum atomic E-state index is -0.540. The second kappa shape index (κ2) is 7.73. The van der Waals surface area contributed by atoms with Crippen LogP contribution in [0, 0.1) is 0 Å². The van der Waals surface area contributed by atoms with Gasteiger partial charge in [0.15, 0.2) is 0 Å². The predicted molar refractivity (Wildman–Crippen MR) is 51.2 cm³/mol. The lowest BCUT2D eigenvalue weighted by Gasteiger charge is -2.09. The highest BCUT2D eigenvalue weighted by molar-refractivity contribution is 5.81. The van der Waals surface area contributed by atoms with E-state index in [1.165, 1.54) is 0 Å². The van der Waals surface area contributed by atoms with Gasteiger partial charge in [0.2, 0.25) is 5.91 Å². The average Bonchev–Trinajstić information content (AvgIpc) is 2.14. The standard InChI is InChI=1S/C9H18N2O2/c1-2-3-6-11-9(13)8(10)5-4-7-12/h7-8H,2-6,10H2,1H3,(H,11,13)/t8-/m0/s1. The summed E-state index contributed by atoms with van der Waals surface area (Å²) in [5.74, 6) is -0.157. The van der Waals surface area contributed by atoms with Gasteiger partial charge in [0.05, 0.1) is 6.04 Å². The Labute approximate surface area is 78.9 Å². The lowest BCUT2D eigenvalue weighted by Crippen LogP contribution is -2.40. The van der Waals surface area contributed by atoms with Crippen LogP contribution in [0.4, 0.5) is 0 Å². The molecule has 0 spiro atoms. The van der Waals surface area contributed by atoms with Gasteiger partial charge < -0.3 is 15.8 Å². The Hall–Kier alpha value is -0.900. The first kappa shape index (κ1) is 12.1. The second-order valence-electron chi connectivity index (χ2n) is 3.00. The first-order valence-electron chi connectivity index (χ1n) is 4.69. The molecule has 0 aromatic heterocycles. The summed E-state index contributed by atoms with van der Waals surface area (Å²) in [5.41, 5.74) is 5.51. The smallest absolute Gasteiger partial charge is 0.236 e. The molecule has 0 aliphatic heterocycles. The molecule has 0 aromatic rings. The maximum atomic E-state index is 11.2. The molecule has 0 aliphatic rings. The van der Waals surface area contributed by atoms with Crippen molar-refractivity contribution in [1.82, 2.24) is 5.32 Å². The average molecular weight is 186 g/mol. The van der Waals surface area contributed by atoms with E-state index < -0.39 is 6.04 Å². The lowest BCUT2D eigenvalue weighted by molar-refractivity contribution is -0.122. The van der Waals surface area contributed by atoms with Gasteiger partial charge in [-0.05, 0) is 12.8 Å². The van der Waals surface area contributed by atoms with Crippen LogP contribution < -0.4 is 11.1 Å². The normalized spacial score (nSPS) is 12.2. The van der Waals surface area contributed by atoms with Crippen molar-refractivity contribution in [2.45, 2.75) is 38.6 Å². The SMILES string of the molecule is CCCCNC(=O)[C@@H](N)CCC=O. The van der Waals surface area contributed by atoms with Gasteiger partial charge >= 0.3 is 0 Å². The van der Waals surface area contributed by atoms with Crippen molar-refractivity contribution in [3.63, 3.8) is 0 Å². The fourth-order valence-corrected chi connectivity index (χ4v) is 0.898. The van der Waals surface area contributed by atoms with E-state index in [1.54, 1.807) is 0 Å². The van der Waals surface area contributed by atoms with E-state index in [0.29, 0.717) is 19.4 Å². The number of nitrogens with two attached hydrogens (primary N) is 1. The van der Waals surface area contributed by atoms with Crippen LogP contribution in [0.15, 0.2) is 0 Å². The van der Waals surface area contributed by atoms with Crippen molar-refractivity contribution in [1.29, 1.82) is 0 Å². The van der Waals surface area contributed by atoms with E-state index in [4.69, 9.17) is 5.73 Å². The summed E-state index contributed by atoms with van der Waals surface area (Å²) in [6, 6.07) is -0.540. The van der Waals surface area contributed by atoms with Crippen molar-refractivity contribution in [3.8, 4) is 0 Å². The molecule has 1 amide bonds. The van der Waals surface area contributed by atoms with E-state index in [2.05, 4.69) is 12.2 Å². The van der Waals surface area contributed by atoms with Gasteiger partial charge in [-0.1, -0.05) is 13.3 Å². The van der Waals surface area contributed by atoms with Crippen molar-refractivity contribution in [3.05, 3.63) is 0 Å². The maximum Gasteiger partial charge on any atom is 0.236 e. The van der Waals surface area contributed by atoms with Gasteiger partial charge in [-0.2, -0.15) is 0 Å². The number of hydrogen-bond acceptors (Lipinski definition) is 3. The van der Waals surface area contributed by atoms with E-state index in [9.17, 15) is 9.59 Å². The number of amides is 1. The predicted octanol–water partition coefficient (Wildman–Crippen LogP) is 0.209. The Kier molecular flexibility index (Phi) is 7.20. The number of carbonyl (C=O) groups is 2. The van der Waals surface area contributed by atoms with Gasteiger partial charge in [0, 0.05) is 13.0 Å². The summed E-state index contributed by atoms with van der Waals surface area (Å²) in [4.78, 5) is 21.2. The van der Waals surface area contributed by atoms with Gasteiger partial charge in [-0.25, -0.2) is 0 Å². The molecule has 1 atom stereocenters. The van der Waals surface area contributed by atoms with Gasteiger partial charge in [0.25, 0.3) is 0 Å². The number of nitrogens with one attached hydrogen (secondary N) is 1. The molecule has 4 nitrogen and oxygen atoms in total. The van der Waals surface area contributed by atoms with Crippen LogP contribution in [-0.4, -0.2) is 24.8 Å². The highest BCUT2D eigenvalue weighted by atomic mass is 16.2. The number of aldehydes is 1. The van der Waals surface area contributed by atoms with Crippen molar-refractivity contribution in [2.75, 3.05) is 6.54 Å². The van der Waals surface area contributed by atoms with Crippen molar-refractivity contribution in [2.24, 2.45) is 5.73 Å². The fraction of sp³-hybridized carbons (Fsp3) is 0.778. The topological polar surface area (TPSA) is 72.2 Å². The number of hydrogen-bond donors (Lipinski definition) is 2.